The first kappa shape index (κ1) is 8.96. The van der Waals surface area contributed by atoms with Crippen LogP contribution < -0.4 is 0 Å². The lowest BCUT2D eigenvalue weighted by molar-refractivity contribution is 0.105. The third-order valence-corrected chi connectivity index (χ3v) is 2.89. The minimum absolute atomic E-state index is 0.186. The fourth-order valence-corrected chi connectivity index (χ4v) is 1.89. The van der Waals surface area contributed by atoms with Gasteiger partial charge in [0.25, 0.3) is 0 Å². The monoisotopic (exact) mass is 200 g/mol. The normalized spacial score (nSPS) is 32.4. The summed E-state index contributed by atoms with van der Waals surface area (Å²) in [7, 11) is 0. The topological polar surface area (TPSA) is 21.8 Å². The number of rotatable bonds is 0. The predicted octanol–water partition coefficient (Wildman–Crippen LogP) is 1.60. The summed E-state index contributed by atoms with van der Waals surface area (Å²) >= 11 is 0. The molecule has 2 heterocycles. The van der Waals surface area contributed by atoms with Gasteiger partial charge in [0.05, 0.1) is 13.2 Å². The van der Waals surface area contributed by atoms with Crippen LogP contribution in [0.1, 0.15) is 12.0 Å². The van der Waals surface area contributed by atoms with Crippen molar-refractivity contribution in [3.8, 4) is 11.8 Å². The lowest BCUT2D eigenvalue weighted by Gasteiger charge is -2.11. The van der Waals surface area contributed by atoms with Gasteiger partial charge in [0.2, 0.25) is 0 Å². The molecule has 0 spiro atoms. The molecule has 2 nitrogen and oxygen atoms in total. The van der Waals surface area contributed by atoms with Gasteiger partial charge in [0.15, 0.2) is 5.60 Å². The molecule has 0 saturated carbocycles. The van der Waals surface area contributed by atoms with E-state index >= 15 is 0 Å². The maximum absolute atomic E-state index is 5.59. The molecule has 3 rings (SSSR count). The number of hydrogen-bond acceptors (Lipinski definition) is 2. The van der Waals surface area contributed by atoms with Crippen LogP contribution in [0.2, 0.25) is 0 Å². The second-order valence-corrected chi connectivity index (χ2v) is 3.94. The molecule has 0 aromatic heterocycles. The standard InChI is InChI=1S/C13H12O2/c1-2-4-11(5-3-1)6-7-13-8-9-14-10-12(13)15-13/h1-5,12H,8-10H2/t12-,13+/m0/s1. The van der Waals surface area contributed by atoms with E-state index in [-0.39, 0.29) is 11.7 Å². The second-order valence-electron chi connectivity index (χ2n) is 3.94. The molecule has 2 aliphatic rings. The lowest BCUT2D eigenvalue weighted by atomic mass is 10.0. The fourth-order valence-electron chi connectivity index (χ4n) is 1.89. The van der Waals surface area contributed by atoms with Crippen LogP contribution in [0.25, 0.3) is 0 Å². The SMILES string of the molecule is C(#C[C@@]12CCOC[C@@H]1O2)c1ccccc1. The van der Waals surface area contributed by atoms with Gasteiger partial charge in [-0.05, 0) is 12.1 Å². The third-order valence-electron chi connectivity index (χ3n) is 2.89. The van der Waals surface area contributed by atoms with Crippen LogP contribution in [-0.4, -0.2) is 24.9 Å². The van der Waals surface area contributed by atoms with Gasteiger partial charge in [-0.25, -0.2) is 0 Å². The van der Waals surface area contributed by atoms with Gasteiger partial charge >= 0.3 is 0 Å². The van der Waals surface area contributed by atoms with Crippen LogP contribution in [0.5, 0.6) is 0 Å². The summed E-state index contributed by atoms with van der Waals surface area (Å²) in [6.07, 6.45) is 1.11. The molecule has 76 valence electrons. The molecule has 0 N–H and O–H groups in total. The number of benzene rings is 1. The van der Waals surface area contributed by atoms with Gasteiger partial charge in [-0.2, -0.15) is 0 Å². The number of hydrogen-bond donors (Lipinski definition) is 0. The Morgan fingerprint density at radius 1 is 1.27 bits per heavy atom. The van der Waals surface area contributed by atoms with Crippen molar-refractivity contribution in [2.75, 3.05) is 13.2 Å². The van der Waals surface area contributed by atoms with Gasteiger partial charge < -0.3 is 9.47 Å². The molecule has 2 atom stereocenters. The lowest BCUT2D eigenvalue weighted by Crippen LogP contribution is -2.24. The van der Waals surface area contributed by atoms with Crippen molar-refractivity contribution in [2.24, 2.45) is 0 Å². The molecular formula is C13H12O2. The van der Waals surface area contributed by atoms with Crippen LogP contribution in [0.4, 0.5) is 0 Å². The molecule has 1 aromatic carbocycles. The summed E-state index contributed by atoms with van der Waals surface area (Å²) in [5.41, 5.74) is 0.862. The summed E-state index contributed by atoms with van der Waals surface area (Å²) in [5, 5.41) is 0. The first-order chi connectivity index (χ1) is 7.39. The summed E-state index contributed by atoms with van der Waals surface area (Å²) in [5.74, 6) is 6.40. The maximum Gasteiger partial charge on any atom is 0.160 e. The van der Waals surface area contributed by atoms with E-state index < -0.39 is 0 Å². The van der Waals surface area contributed by atoms with Crippen molar-refractivity contribution in [2.45, 2.75) is 18.1 Å². The van der Waals surface area contributed by atoms with Gasteiger partial charge in [-0.1, -0.05) is 30.0 Å². The molecule has 2 aliphatic heterocycles. The molecule has 0 aliphatic carbocycles. The molecule has 0 radical (unpaired) electrons. The van der Waals surface area contributed by atoms with E-state index in [1.54, 1.807) is 0 Å². The number of ether oxygens (including phenoxy) is 2. The Morgan fingerprint density at radius 2 is 2.13 bits per heavy atom. The van der Waals surface area contributed by atoms with Crippen molar-refractivity contribution in [3.63, 3.8) is 0 Å². The molecule has 2 saturated heterocycles. The van der Waals surface area contributed by atoms with Gasteiger partial charge in [-0.3, -0.25) is 0 Å². The van der Waals surface area contributed by atoms with E-state index in [4.69, 9.17) is 9.47 Å². The summed E-state index contributed by atoms with van der Waals surface area (Å²) in [6.45, 7) is 1.46. The average molecular weight is 200 g/mol. The highest BCUT2D eigenvalue weighted by atomic mass is 16.6. The highest BCUT2D eigenvalue weighted by Gasteiger charge is 2.57. The smallest absolute Gasteiger partial charge is 0.160 e. The van der Waals surface area contributed by atoms with Crippen molar-refractivity contribution < 1.29 is 9.47 Å². The quantitative estimate of drug-likeness (QED) is 0.468. The largest absolute Gasteiger partial charge is 0.378 e. The molecule has 0 amide bonds. The zero-order chi connectivity index (χ0) is 10.1. The van der Waals surface area contributed by atoms with Crippen LogP contribution >= 0.6 is 0 Å². The zero-order valence-corrected chi connectivity index (χ0v) is 8.40. The van der Waals surface area contributed by atoms with E-state index in [2.05, 4.69) is 11.8 Å². The van der Waals surface area contributed by atoms with Crippen molar-refractivity contribution in [1.29, 1.82) is 0 Å². The minimum Gasteiger partial charge on any atom is -0.378 e. The Morgan fingerprint density at radius 3 is 2.93 bits per heavy atom. The van der Waals surface area contributed by atoms with E-state index in [0.717, 1.165) is 18.6 Å². The Kier molecular flexibility index (Phi) is 2.02. The highest BCUT2D eigenvalue weighted by Crippen LogP contribution is 2.42. The maximum atomic E-state index is 5.59. The molecule has 0 bridgehead atoms. The van der Waals surface area contributed by atoms with Crippen LogP contribution in [0.3, 0.4) is 0 Å². The van der Waals surface area contributed by atoms with Crippen molar-refractivity contribution >= 4 is 0 Å². The van der Waals surface area contributed by atoms with E-state index in [9.17, 15) is 0 Å². The molecule has 15 heavy (non-hydrogen) atoms. The van der Waals surface area contributed by atoms with Gasteiger partial charge in [0.1, 0.15) is 6.10 Å². The zero-order valence-electron chi connectivity index (χ0n) is 8.40. The van der Waals surface area contributed by atoms with E-state index in [1.807, 2.05) is 30.3 Å². The molecule has 2 fully saturated rings. The van der Waals surface area contributed by atoms with Gasteiger partial charge in [0, 0.05) is 12.0 Å². The van der Waals surface area contributed by atoms with Crippen molar-refractivity contribution in [3.05, 3.63) is 35.9 Å². The predicted molar refractivity (Wildman–Crippen MR) is 56.4 cm³/mol. The highest BCUT2D eigenvalue weighted by molar-refractivity contribution is 5.39. The molecule has 1 aromatic rings. The number of epoxide rings is 1. The van der Waals surface area contributed by atoms with Crippen molar-refractivity contribution in [1.82, 2.24) is 0 Å². The Bertz CT molecular complexity index is 415. The van der Waals surface area contributed by atoms with Gasteiger partial charge in [-0.15, -0.1) is 0 Å². The minimum atomic E-state index is -0.186. The Hall–Kier alpha value is -1.30. The number of fused-ring (bicyclic) bond motifs is 1. The Labute approximate surface area is 89.2 Å². The summed E-state index contributed by atoms with van der Waals surface area (Å²) < 4.78 is 10.9. The molecule has 2 heteroatoms. The van der Waals surface area contributed by atoms with Crippen LogP contribution in [0, 0.1) is 11.8 Å². The first-order valence-electron chi connectivity index (χ1n) is 5.23. The summed E-state index contributed by atoms with van der Waals surface area (Å²) in [6, 6.07) is 10.0. The van der Waals surface area contributed by atoms with E-state index in [0.29, 0.717) is 6.61 Å². The average Bonchev–Trinajstić information content (AvgIpc) is 3.03. The van der Waals surface area contributed by atoms with Crippen LogP contribution in [0.15, 0.2) is 30.3 Å². The second kappa shape index (κ2) is 3.37. The van der Waals surface area contributed by atoms with E-state index in [1.165, 1.54) is 0 Å². The first-order valence-corrected chi connectivity index (χ1v) is 5.23. The van der Waals surface area contributed by atoms with Crippen LogP contribution in [-0.2, 0) is 9.47 Å². The molecule has 0 unspecified atom stereocenters. The third kappa shape index (κ3) is 1.65. The fraction of sp³-hybridized carbons (Fsp3) is 0.385. The molecular weight excluding hydrogens is 188 g/mol. The Balaban J connectivity index is 1.79. The summed E-state index contributed by atoms with van der Waals surface area (Å²) in [4.78, 5) is 0.